The Bertz CT molecular complexity index is 448. The van der Waals surface area contributed by atoms with Crippen molar-refractivity contribution in [3.8, 4) is 0 Å². The molecule has 1 aliphatic carbocycles. The molecular formula is C14H23IN4S. The molecule has 0 radical (unpaired) electrons. The normalized spacial score (nSPS) is 20.4. The minimum atomic E-state index is 0. The first-order chi connectivity index (χ1) is 9.33. The van der Waals surface area contributed by atoms with Crippen LogP contribution in [0, 0.1) is 0 Å². The first-order valence-corrected chi connectivity index (χ1v) is 8.20. The number of likely N-dealkylation sites (tertiary alicyclic amines) is 1. The van der Waals surface area contributed by atoms with E-state index in [0.29, 0.717) is 12.5 Å². The van der Waals surface area contributed by atoms with Crippen molar-refractivity contribution in [2.75, 3.05) is 13.1 Å². The van der Waals surface area contributed by atoms with E-state index >= 15 is 0 Å². The Morgan fingerprint density at radius 1 is 1.30 bits per heavy atom. The van der Waals surface area contributed by atoms with E-state index in [1.807, 2.05) is 0 Å². The van der Waals surface area contributed by atoms with Gasteiger partial charge < -0.3 is 10.6 Å². The van der Waals surface area contributed by atoms with Gasteiger partial charge in [-0.1, -0.05) is 12.8 Å². The summed E-state index contributed by atoms with van der Waals surface area (Å²) in [4.78, 5) is 11.4. The van der Waals surface area contributed by atoms with E-state index in [0.717, 1.165) is 24.0 Å². The zero-order valence-electron chi connectivity index (χ0n) is 11.8. The summed E-state index contributed by atoms with van der Waals surface area (Å²) in [7, 11) is 0. The molecule has 0 bridgehead atoms. The zero-order valence-corrected chi connectivity index (χ0v) is 14.9. The van der Waals surface area contributed by atoms with Crippen LogP contribution in [-0.2, 0) is 6.54 Å². The van der Waals surface area contributed by atoms with Crippen LogP contribution in [0.15, 0.2) is 10.4 Å². The van der Waals surface area contributed by atoms with Gasteiger partial charge in [-0.15, -0.1) is 35.3 Å². The highest BCUT2D eigenvalue weighted by atomic mass is 127. The maximum atomic E-state index is 6.10. The summed E-state index contributed by atoms with van der Waals surface area (Å²) >= 11 is 1.72. The van der Waals surface area contributed by atoms with Crippen molar-refractivity contribution in [3.05, 3.63) is 16.1 Å². The molecule has 1 saturated carbocycles. The molecule has 0 unspecified atom stereocenters. The fourth-order valence-corrected chi connectivity index (χ4v) is 3.31. The van der Waals surface area contributed by atoms with Crippen molar-refractivity contribution in [1.29, 1.82) is 0 Å². The van der Waals surface area contributed by atoms with Gasteiger partial charge in [0.2, 0.25) is 0 Å². The van der Waals surface area contributed by atoms with Crippen LogP contribution in [-0.4, -0.2) is 28.9 Å². The maximum Gasteiger partial charge on any atom is 0.191 e. The fraction of sp³-hybridized carbons (Fsp3) is 0.714. The summed E-state index contributed by atoms with van der Waals surface area (Å²) in [5, 5.41) is 3.28. The third-order valence-corrected chi connectivity index (χ3v) is 4.72. The molecule has 3 rings (SSSR count). The lowest BCUT2D eigenvalue weighted by atomic mass is 10.2. The van der Waals surface area contributed by atoms with Crippen LogP contribution in [0.2, 0.25) is 0 Å². The molecule has 1 aromatic heterocycles. The van der Waals surface area contributed by atoms with E-state index in [4.69, 9.17) is 5.73 Å². The van der Waals surface area contributed by atoms with Crippen LogP contribution in [0.5, 0.6) is 0 Å². The highest BCUT2D eigenvalue weighted by molar-refractivity contribution is 14.0. The monoisotopic (exact) mass is 406 g/mol. The van der Waals surface area contributed by atoms with E-state index in [2.05, 4.69) is 20.3 Å². The molecule has 1 saturated heterocycles. The molecule has 2 N–H and O–H groups in total. The maximum absolute atomic E-state index is 6.10. The number of hydrogen-bond acceptors (Lipinski definition) is 3. The van der Waals surface area contributed by atoms with Crippen LogP contribution >= 0.6 is 35.3 Å². The molecule has 112 valence electrons. The Balaban J connectivity index is 0.00000147. The Morgan fingerprint density at radius 2 is 2.00 bits per heavy atom. The van der Waals surface area contributed by atoms with Gasteiger partial charge in [-0.3, -0.25) is 0 Å². The lowest BCUT2D eigenvalue weighted by Crippen LogP contribution is -2.38. The zero-order chi connectivity index (χ0) is 13.1. The lowest BCUT2D eigenvalue weighted by molar-refractivity contribution is 0.428. The first-order valence-electron chi connectivity index (χ1n) is 7.32. The second-order valence-electron chi connectivity index (χ2n) is 5.52. The lowest BCUT2D eigenvalue weighted by Gasteiger charge is -2.20. The van der Waals surface area contributed by atoms with Crippen LogP contribution in [0.25, 0.3) is 0 Å². The average Bonchev–Trinajstić information content (AvgIpc) is 3.21. The molecule has 6 heteroatoms. The summed E-state index contributed by atoms with van der Waals surface area (Å²) in [6.45, 7) is 2.75. The first kappa shape index (κ1) is 16.0. The van der Waals surface area contributed by atoms with Gasteiger partial charge in [0.1, 0.15) is 5.01 Å². The van der Waals surface area contributed by atoms with Crippen LogP contribution in [0.1, 0.15) is 55.1 Å². The highest BCUT2D eigenvalue weighted by Crippen LogP contribution is 2.40. The topological polar surface area (TPSA) is 54.5 Å². The third kappa shape index (κ3) is 4.31. The number of aromatic nitrogens is 1. The van der Waals surface area contributed by atoms with Crippen molar-refractivity contribution >= 4 is 41.3 Å². The van der Waals surface area contributed by atoms with Crippen molar-refractivity contribution in [1.82, 2.24) is 9.88 Å². The number of nitrogens with zero attached hydrogens (tertiary/aromatic N) is 3. The van der Waals surface area contributed by atoms with E-state index in [1.54, 1.807) is 11.3 Å². The summed E-state index contributed by atoms with van der Waals surface area (Å²) < 4.78 is 0. The minimum Gasteiger partial charge on any atom is -0.370 e. The van der Waals surface area contributed by atoms with Gasteiger partial charge in [-0.05, 0) is 25.7 Å². The number of hydrogen-bond donors (Lipinski definition) is 1. The average molecular weight is 406 g/mol. The Kier molecular flexibility index (Phi) is 6.07. The summed E-state index contributed by atoms with van der Waals surface area (Å²) in [5.41, 5.74) is 7.36. The molecule has 2 heterocycles. The van der Waals surface area contributed by atoms with Gasteiger partial charge in [0.15, 0.2) is 5.96 Å². The van der Waals surface area contributed by atoms with Gasteiger partial charge >= 0.3 is 0 Å². The van der Waals surface area contributed by atoms with Crippen LogP contribution in [0.4, 0.5) is 0 Å². The van der Waals surface area contributed by atoms with Crippen molar-refractivity contribution in [3.63, 3.8) is 0 Å². The van der Waals surface area contributed by atoms with Gasteiger partial charge in [0, 0.05) is 24.4 Å². The highest BCUT2D eigenvalue weighted by Gasteiger charge is 2.25. The second kappa shape index (κ2) is 7.59. The van der Waals surface area contributed by atoms with Gasteiger partial charge in [0.25, 0.3) is 0 Å². The number of aliphatic imine (C=N–C) groups is 1. The third-order valence-electron chi connectivity index (χ3n) is 3.87. The number of thiazole rings is 1. The molecule has 20 heavy (non-hydrogen) atoms. The summed E-state index contributed by atoms with van der Waals surface area (Å²) in [5.74, 6) is 1.43. The smallest absolute Gasteiger partial charge is 0.191 e. The van der Waals surface area contributed by atoms with Crippen molar-refractivity contribution in [2.24, 2.45) is 10.7 Å². The summed E-state index contributed by atoms with van der Waals surface area (Å²) in [6.07, 6.45) is 7.73. The SMILES string of the molecule is I.NC(=NCc1nc(C2CC2)cs1)N1CCCCCC1. The van der Waals surface area contributed by atoms with Gasteiger partial charge in [0.05, 0.1) is 12.2 Å². The summed E-state index contributed by atoms with van der Waals surface area (Å²) in [6, 6.07) is 0. The quantitative estimate of drug-likeness (QED) is 0.476. The number of nitrogens with two attached hydrogens (primary N) is 1. The van der Waals surface area contributed by atoms with Crippen LogP contribution < -0.4 is 5.73 Å². The molecule has 1 aromatic rings. The molecule has 4 nitrogen and oxygen atoms in total. The molecule has 0 amide bonds. The van der Waals surface area contributed by atoms with Crippen molar-refractivity contribution < 1.29 is 0 Å². The van der Waals surface area contributed by atoms with E-state index in [-0.39, 0.29) is 24.0 Å². The molecule has 0 atom stereocenters. The Hall–Kier alpha value is -0.370. The van der Waals surface area contributed by atoms with E-state index in [1.165, 1.54) is 44.2 Å². The fourth-order valence-electron chi connectivity index (χ4n) is 2.51. The standard InChI is InChI=1S/C14H22N4S.HI/c15-14(18-7-3-1-2-4-8-18)16-9-13-17-12(10-19-13)11-5-6-11;/h10-11H,1-9H2,(H2,15,16);1H. The predicted octanol–water partition coefficient (Wildman–Crippen LogP) is 3.33. The molecule has 0 aromatic carbocycles. The van der Waals surface area contributed by atoms with E-state index < -0.39 is 0 Å². The molecule has 2 aliphatic rings. The van der Waals surface area contributed by atoms with Crippen LogP contribution in [0.3, 0.4) is 0 Å². The second-order valence-corrected chi connectivity index (χ2v) is 6.46. The number of halogens is 1. The van der Waals surface area contributed by atoms with Gasteiger partial charge in [-0.2, -0.15) is 0 Å². The van der Waals surface area contributed by atoms with Crippen molar-refractivity contribution in [2.45, 2.75) is 51.0 Å². The molecule has 1 aliphatic heterocycles. The number of rotatable bonds is 3. The molecule has 0 spiro atoms. The number of guanidine groups is 1. The van der Waals surface area contributed by atoms with E-state index in [9.17, 15) is 0 Å². The minimum absolute atomic E-state index is 0. The largest absolute Gasteiger partial charge is 0.370 e. The Labute approximate surface area is 141 Å². The Morgan fingerprint density at radius 3 is 2.65 bits per heavy atom. The molecule has 2 fully saturated rings. The molecular weight excluding hydrogens is 383 g/mol. The predicted molar refractivity (Wildman–Crippen MR) is 94.9 cm³/mol. The van der Waals surface area contributed by atoms with Gasteiger partial charge in [-0.25, -0.2) is 9.98 Å².